The zero-order valence-corrected chi connectivity index (χ0v) is 21.8. The molecule has 0 saturated heterocycles. The van der Waals surface area contributed by atoms with Crippen LogP contribution in [0.15, 0.2) is 91.0 Å². The molecule has 0 unspecified atom stereocenters. The third kappa shape index (κ3) is 7.38. The van der Waals surface area contributed by atoms with Crippen LogP contribution in [0.25, 0.3) is 16.9 Å². The molecule has 0 aliphatic heterocycles. The van der Waals surface area contributed by atoms with Gasteiger partial charge in [-0.25, -0.2) is 9.07 Å². The quantitative estimate of drug-likeness (QED) is 0.263. The maximum absolute atomic E-state index is 13.6. The maximum atomic E-state index is 13.6. The molecular weight excluding hydrogens is 479 g/mol. The Morgan fingerprint density at radius 3 is 2.26 bits per heavy atom. The highest BCUT2D eigenvalue weighted by Gasteiger charge is 2.20. The van der Waals surface area contributed by atoms with Gasteiger partial charge in [-0.1, -0.05) is 74.5 Å². The third-order valence-corrected chi connectivity index (χ3v) is 6.25. The Balaban J connectivity index is 1.52. The minimum absolute atomic E-state index is 0.0540. The zero-order chi connectivity index (χ0) is 26.9. The summed E-state index contributed by atoms with van der Waals surface area (Å²) in [6, 6.07) is 27.2. The van der Waals surface area contributed by atoms with Crippen molar-refractivity contribution >= 4 is 17.6 Å². The van der Waals surface area contributed by atoms with E-state index in [9.17, 15) is 14.0 Å². The van der Waals surface area contributed by atoms with Crippen LogP contribution >= 0.6 is 0 Å². The van der Waals surface area contributed by atoms with Crippen molar-refractivity contribution in [2.45, 2.75) is 33.1 Å². The maximum Gasteiger partial charge on any atom is 0.245 e. The van der Waals surface area contributed by atoms with Gasteiger partial charge in [-0.3, -0.25) is 9.59 Å². The number of hydrogen-bond acceptors (Lipinski definition) is 3. The largest absolute Gasteiger partial charge is 0.333 e. The summed E-state index contributed by atoms with van der Waals surface area (Å²) >= 11 is 0. The first-order valence-electron chi connectivity index (χ1n) is 12.9. The Morgan fingerprint density at radius 1 is 0.947 bits per heavy atom. The first kappa shape index (κ1) is 26.8. The van der Waals surface area contributed by atoms with E-state index < -0.39 is 0 Å². The molecule has 0 aliphatic carbocycles. The van der Waals surface area contributed by atoms with Crippen LogP contribution in [0.2, 0.25) is 0 Å². The van der Waals surface area contributed by atoms with Gasteiger partial charge in [-0.05, 0) is 48.6 Å². The minimum atomic E-state index is -0.357. The summed E-state index contributed by atoms with van der Waals surface area (Å²) in [4.78, 5) is 28.0. The van der Waals surface area contributed by atoms with E-state index in [4.69, 9.17) is 0 Å². The zero-order valence-electron chi connectivity index (χ0n) is 21.8. The topological polar surface area (TPSA) is 67.2 Å². The fourth-order valence-electron chi connectivity index (χ4n) is 4.11. The van der Waals surface area contributed by atoms with Gasteiger partial charge in [0.15, 0.2) is 0 Å². The second-order valence-corrected chi connectivity index (χ2v) is 9.70. The lowest BCUT2D eigenvalue weighted by Gasteiger charge is -2.23. The summed E-state index contributed by atoms with van der Waals surface area (Å²) in [7, 11) is 0. The molecule has 6 nitrogen and oxygen atoms in total. The predicted octanol–water partition coefficient (Wildman–Crippen LogP) is 6.12. The predicted molar refractivity (Wildman–Crippen MR) is 148 cm³/mol. The number of nitrogens with one attached hydrogen (secondary N) is 1. The summed E-state index contributed by atoms with van der Waals surface area (Å²) in [5, 5.41) is 7.60. The summed E-state index contributed by atoms with van der Waals surface area (Å²) in [6.45, 7) is 4.64. The third-order valence-electron chi connectivity index (χ3n) is 6.25. The van der Waals surface area contributed by atoms with Crippen molar-refractivity contribution < 1.29 is 14.0 Å². The molecule has 38 heavy (non-hydrogen) atoms. The normalized spacial score (nSPS) is 10.9. The van der Waals surface area contributed by atoms with Gasteiger partial charge in [0.1, 0.15) is 11.6 Å². The number of carbonyl (C=O) groups is 2. The molecule has 0 bridgehead atoms. The standard InChI is InChI=1S/C31H33FN4O2/c1-23(2)19-20-35(31(38)18-13-24-9-5-3-6-10-24)22-30(37)33-29-21-28(25-11-7-4-8-12-25)34-36(29)27-16-14-26(32)15-17-27/h3-12,14-17,21,23H,13,18-20,22H2,1-2H3,(H,33,37). The van der Waals surface area contributed by atoms with Crippen molar-refractivity contribution in [3.8, 4) is 16.9 Å². The molecule has 0 spiro atoms. The van der Waals surface area contributed by atoms with Crippen LogP contribution < -0.4 is 5.32 Å². The van der Waals surface area contributed by atoms with Crippen LogP contribution in [-0.2, 0) is 16.0 Å². The summed E-state index contributed by atoms with van der Waals surface area (Å²) in [6.07, 6.45) is 1.76. The molecule has 1 heterocycles. The number of anilines is 1. The molecule has 3 aromatic carbocycles. The van der Waals surface area contributed by atoms with E-state index in [1.54, 1.807) is 27.8 Å². The fourth-order valence-corrected chi connectivity index (χ4v) is 4.11. The number of rotatable bonds is 11. The Morgan fingerprint density at radius 2 is 1.61 bits per heavy atom. The van der Waals surface area contributed by atoms with E-state index in [0.717, 1.165) is 17.5 Å². The molecule has 0 fully saturated rings. The van der Waals surface area contributed by atoms with Gasteiger partial charge in [0.05, 0.1) is 17.9 Å². The highest BCUT2D eigenvalue weighted by molar-refractivity contribution is 5.94. The summed E-state index contributed by atoms with van der Waals surface area (Å²) in [5.74, 6) is 0.118. The molecule has 196 valence electrons. The first-order valence-corrected chi connectivity index (χ1v) is 12.9. The molecule has 1 N–H and O–H groups in total. The van der Waals surface area contributed by atoms with Crippen LogP contribution in [0.5, 0.6) is 0 Å². The van der Waals surface area contributed by atoms with E-state index in [1.165, 1.54) is 12.1 Å². The van der Waals surface area contributed by atoms with E-state index in [1.807, 2.05) is 60.7 Å². The van der Waals surface area contributed by atoms with Gasteiger partial charge in [-0.2, -0.15) is 5.10 Å². The van der Waals surface area contributed by atoms with Gasteiger partial charge in [0, 0.05) is 24.6 Å². The fraction of sp³-hybridized carbons (Fsp3) is 0.258. The van der Waals surface area contributed by atoms with E-state index in [0.29, 0.717) is 42.5 Å². The highest BCUT2D eigenvalue weighted by Crippen LogP contribution is 2.25. The van der Waals surface area contributed by atoms with Crippen molar-refractivity contribution in [1.29, 1.82) is 0 Å². The van der Waals surface area contributed by atoms with Gasteiger partial charge in [-0.15, -0.1) is 0 Å². The van der Waals surface area contributed by atoms with Gasteiger partial charge in [0.25, 0.3) is 0 Å². The number of nitrogens with zero attached hydrogens (tertiary/aromatic N) is 3. The lowest BCUT2D eigenvalue weighted by Crippen LogP contribution is -2.39. The van der Waals surface area contributed by atoms with Crippen LogP contribution in [0.3, 0.4) is 0 Å². The first-order chi connectivity index (χ1) is 18.4. The number of aromatic nitrogens is 2. The Labute approximate surface area is 223 Å². The molecule has 2 amide bonds. The molecule has 0 aliphatic rings. The van der Waals surface area contributed by atoms with Crippen molar-refractivity contribution in [3.05, 3.63) is 102 Å². The van der Waals surface area contributed by atoms with E-state index in [-0.39, 0.29) is 24.2 Å². The average Bonchev–Trinajstić information content (AvgIpc) is 3.34. The van der Waals surface area contributed by atoms with Crippen molar-refractivity contribution in [2.75, 3.05) is 18.4 Å². The number of aryl methyl sites for hydroxylation is 1. The molecule has 0 radical (unpaired) electrons. The average molecular weight is 513 g/mol. The second kappa shape index (κ2) is 12.8. The monoisotopic (exact) mass is 512 g/mol. The lowest BCUT2D eigenvalue weighted by molar-refractivity contribution is -0.134. The van der Waals surface area contributed by atoms with E-state index >= 15 is 0 Å². The summed E-state index contributed by atoms with van der Waals surface area (Å²) < 4.78 is 15.1. The van der Waals surface area contributed by atoms with E-state index in [2.05, 4.69) is 24.3 Å². The smallest absolute Gasteiger partial charge is 0.245 e. The minimum Gasteiger partial charge on any atom is -0.333 e. The highest BCUT2D eigenvalue weighted by atomic mass is 19.1. The summed E-state index contributed by atoms with van der Waals surface area (Å²) in [5.41, 5.74) is 3.25. The molecule has 1 aromatic heterocycles. The van der Waals surface area contributed by atoms with Gasteiger partial charge >= 0.3 is 0 Å². The number of amides is 2. The van der Waals surface area contributed by atoms with Crippen LogP contribution in [-0.4, -0.2) is 39.6 Å². The lowest BCUT2D eigenvalue weighted by atomic mass is 10.1. The van der Waals surface area contributed by atoms with Gasteiger partial charge in [0.2, 0.25) is 11.8 Å². The van der Waals surface area contributed by atoms with Crippen molar-refractivity contribution in [3.63, 3.8) is 0 Å². The molecule has 0 atom stereocenters. The van der Waals surface area contributed by atoms with Crippen LogP contribution in [0.1, 0.15) is 32.3 Å². The molecule has 4 aromatic rings. The molecular formula is C31H33FN4O2. The number of halogens is 1. The Bertz CT molecular complexity index is 1340. The number of benzene rings is 3. The van der Waals surface area contributed by atoms with Gasteiger partial charge < -0.3 is 10.2 Å². The number of hydrogen-bond donors (Lipinski definition) is 1. The Hall–Kier alpha value is -4.26. The van der Waals surface area contributed by atoms with Crippen LogP contribution in [0, 0.1) is 11.7 Å². The second-order valence-electron chi connectivity index (χ2n) is 9.70. The Kier molecular flexibility index (Phi) is 9.03. The van der Waals surface area contributed by atoms with Crippen molar-refractivity contribution in [2.24, 2.45) is 5.92 Å². The van der Waals surface area contributed by atoms with Crippen molar-refractivity contribution in [1.82, 2.24) is 14.7 Å². The SMILES string of the molecule is CC(C)CCN(CC(=O)Nc1cc(-c2ccccc2)nn1-c1ccc(F)cc1)C(=O)CCc1ccccc1. The number of carbonyl (C=O) groups excluding carboxylic acids is 2. The molecule has 0 saturated carbocycles. The van der Waals surface area contributed by atoms with Crippen LogP contribution in [0.4, 0.5) is 10.2 Å². The molecule has 4 rings (SSSR count). The molecule has 7 heteroatoms.